The van der Waals surface area contributed by atoms with Crippen molar-refractivity contribution in [2.45, 2.75) is 45.1 Å². The van der Waals surface area contributed by atoms with Crippen molar-refractivity contribution in [1.29, 1.82) is 0 Å². The van der Waals surface area contributed by atoms with E-state index in [0.717, 1.165) is 31.4 Å². The molecule has 1 aliphatic carbocycles. The van der Waals surface area contributed by atoms with Crippen LogP contribution in [0, 0.1) is 0 Å². The summed E-state index contributed by atoms with van der Waals surface area (Å²) in [4.78, 5) is 12.2. The van der Waals surface area contributed by atoms with E-state index in [1.54, 1.807) is 18.7 Å². The van der Waals surface area contributed by atoms with Crippen molar-refractivity contribution in [3.05, 3.63) is 16.0 Å². The first-order valence-corrected chi connectivity index (χ1v) is 8.95. The van der Waals surface area contributed by atoms with Gasteiger partial charge in [0, 0.05) is 18.7 Å². The molecule has 1 fully saturated rings. The average molecular weight is 301 g/mol. The van der Waals surface area contributed by atoms with Crippen LogP contribution in [0.3, 0.4) is 0 Å². The van der Waals surface area contributed by atoms with Crippen LogP contribution in [-0.4, -0.2) is 29.3 Å². The van der Waals surface area contributed by atoms with E-state index in [1.165, 1.54) is 4.68 Å². The summed E-state index contributed by atoms with van der Waals surface area (Å²) in [5.41, 5.74) is 6.85. The summed E-state index contributed by atoms with van der Waals surface area (Å²) in [5.74, 6) is 0.402. The van der Waals surface area contributed by atoms with Gasteiger partial charge in [-0.3, -0.25) is 9.48 Å². The highest BCUT2D eigenvalue weighted by Crippen LogP contribution is 2.35. The summed E-state index contributed by atoms with van der Waals surface area (Å²) >= 11 is 0. The van der Waals surface area contributed by atoms with Gasteiger partial charge in [0.25, 0.3) is 5.56 Å². The lowest BCUT2D eigenvalue weighted by Gasteiger charge is -2.14. The fourth-order valence-electron chi connectivity index (χ4n) is 2.99. The standard InChI is InChI=1S/C13H23N3O3S/c1-3-20(18,19)9-8-16-13(17)11(14)12(15(16)2)10-6-4-5-7-10/h10H,3-9,14H2,1-2H3. The SMILES string of the molecule is CCS(=O)(=O)CCn1c(=O)c(N)c(C2CCCC2)n1C. The number of hydrogen-bond donors (Lipinski definition) is 1. The van der Waals surface area contributed by atoms with Gasteiger partial charge in [0.05, 0.1) is 18.0 Å². The summed E-state index contributed by atoms with van der Waals surface area (Å²) in [6, 6.07) is 0. The molecular formula is C13H23N3O3S. The number of sulfone groups is 1. The third kappa shape index (κ3) is 2.77. The van der Waals surface area contributed by atoms with Crippen LogP contribution in [0.4, 0.5) is 5.69 Å². The van der Waals surface area contributed by atoms with Gasteiger partial charge in [-0.1, -0.05) is 19.8 Å². The van der Waals surface area contributed by atoms with Crippen LogP contribution >= 0.6 is 0 Å². The van der Waals surface area contributed by atoms with Crippen molar-refractivity contribution in [2.75, 3.05) is 17.2 Å². The maximum absolute atomic E-state index is 12.2. The fourth-order valence-corrected chi connectivity index (χ4v) is 3.73. The molecular weight excluding hydrogens is 278 g/mol. The van der Waals surface area contributed by atoms with Crippen LogP contribution in [0.25, 0.3) is 0 Å². The van der Waals surface area contributed by atoms with E-state index >= 15 is 0 Å². The minimum Gasteiger partial charge on any atom is -0.393 e. The lowest BCUT2D eigenvalue weighted by Crippen LogP contribution is -2.27. The van der Waals surface area contributed by atoms with Gasteiger partial charge in [0.1, 0.15) is 5.69 Å². The van der Waals surface area contributed by atoms with Crippen molar-refractivity contribution < 1.29 is 8.42 Å². The Morgan fingerprint density at radius 3 is 2.45 bits per heavy atom. The molecule has 2 rings (SSSR count). The average Bonchev–Trinajstić information content (AvgIpc) is 2.98. The normalized spacial score (nSPS) is 16.9. The summed E-state index contributed by atoms with van der Waals surface area (Å²) in [7, 11) is -1.29. The van der Waals surface area contributed by atoms with Crippen LogP contribution in [0.5, 0.6) is 0 Å². The maximum atomic E-state index is 12.2. The number of rotatable bonds is 5. The Morgan fingerprint density at radius 1 is 1.30 bits per heavy atom. The molecule has 1 aromatic heterocycles. The van der Waals surface area contributed by atoms with Gasteiger partial charge in [0.2, 0.25) is 0 Å². The Morgan fingerprint density at radius 2 is 1.90 bits per heavy atom. The van der Waals surface area contributed by atoms with Crippen molar-refractivity contribution in [1.82, 2.24) is 9.36 Å². The predicted octanol–water partition coefficient (Wildman–Crippen LogP) is 0.861. The van der Waals surface area contributed by atoms with Gasteiger partial charge in [-0.2, -0.15) is 0 Å². The monoisotopic (exact) mass is 301 g/mol. The summed E-state index contributed by atoms with van der Waals surface area (Å²) in [6.45, 7) is 1.78. The molecule has 1 aromatic rings. The van der Waals surface area contributed by atoms with Crippen molar-refractivity contribution in [3.8, 4) is 0 Å². The summed E-state index contributed by atoms with van der Waals surface area (Å²) in [6.07, 6.45) is 4.42. The third-order valence-electron chi connectivity index (χ3n) is 4.25. The van der Waals surface area contributed by atoms with E-state index in [0.29, 0.717) is 5.92 Å². The molecule has 0 bridgehead atoms. The molecule has 0 atom stereocenters. The second kappa shape index (κ2) is 5.63. The van der Waals surface area contributed by atoms with Crippen LogP contribution < -0.4 is 11.3 Å². The number of nitrogens with two attached hydrogens (primary N) is 1. The van der Waals surface area contributed by atoms with Gasteiger partial charge in [0.15, 0.2) is 9.84 Å². The highest BCUT2D eigenvalue weighted by molar-refractivity contribution is 7.91. The predicted molar refractivity (Wildman–Crippen MR) is 79.6 cm³/mol. The summed E-state index contributed by atoms with van der Waals surface area (Å²) < 4.78 is 26.4. The molecule has 7 heteroatoms. The van der Waals surface area contributed by atoms with E-state index in [4.69, 9.17) is 5.73 Å². The minimum absolute atomic E-state index is 0.0230. The molecule has 0 spiro atoms. The highest BCUT2D eigenvalue weighted by Gasteiger charge is 2.26. The molecule has 1 heterocycles. The second-order valence-corrected chi connectivity index (χ2v) is 7.94. The lowest BCUT2D eigenvalue weighted by molar-refractivity contribution is 0.483. The van der Waals surface area contributed by atoms with Gasteiger partial charge in [-0.25, -0.2) is 13.1 Å². The zero-order chi connectivity index (χ0) is 14.9. The van der Waals surface area contributed by atoms with Gasteiger partial charge in [-0.15, -0.1) is 0 Å². The Balaban J connectivity index is 2.31. The van der Waals surface area contributed by atoms with Crippen LogP contribution in [0.15, 0.2) is 4.79 Å². The molecule has 6 nitrogen and oxygen atoms in total. The zero-order valence-electron chi connectivity index (χ0n) is 12.1. The van der Waals surface area contributed by atoms with Crippen LogP contribution in [0.1, 0.15) is 44.2 Å². The van der Waals surface area contributed by atoms with E-state index in [9.17, 15) is 13.2 Å². The van der Waals surface area contributed by atoms with Gasteiger partial charge in [-0.05, 0) is 12.8 Å². The molecule has 1 saturated carbocycles. The molecule has 1 aliphatic rings. The first kappa shape index (κ1) is 15.2. The first-order chi connectivity index (χ1) is 9.37. The smallest absolute Gasteiger partial charge is 0.290 e. The topological polar surface area (TPSA) is 87.1 Å². The minimum atomic E-state index is -3.09. The maximum Gasteiger partial charge on any atom is 0.290 e. The van der Waals surface area contributed by atoms with Crippen LogP contribution in [0.2, 0.25) is 0 Å². The number of aromatic nitrogens is 2. The Bertz CT molecular complexity index is 637. The molecule has 0 radical (unpaired) electrons. The fraction of sp³-hybridized carbons (Fsp3) is 0.769. The third-order valence-corrected chi connectivity index (χ3v) is 5.93. The van der Waals surface area contributed by atoms with Crippen LogP contribution in [-0.2, 0) is 23.4 Å². The molecule has 0 aromatic carbocycles. The lowest BCUT2D eigenvalue weighted by atomic mass is 10.0. The largest absolute Gasteiger partial charge is 0.393 e. The number of nitrogens with zero attached hydrogens (tertiary/aromatic N) is 2. The van der Waals surface area contributed by atoms with E-state index in [2.05, 4.69) is 0 Å². The quantitative estimate of drug-likeness (QED) is 0.874. The number of anilines is 1. The molecule has 0 amide bonds. The molecule has 20 heavy (non-hydrogen) atoms. The van der Waals surface area contributed by atoms with Crippen molar-refractivity contribution in [2.24, 2.45) is 7.05 Å². The van der Waals surface area contributed by atoms with Gasteiger partial charge < -0.3 is 5.73 Å². The van der Waals surface area contributed by atoms with E-state index < -0.39 is 9.84 Å². The molecule has 114 valence electrons. The van der Waals surface area contributed by atoms with Gasteiger partial charge >= 0.3 is 0 Å². The Labute approximate surface area is 119 Å². The zero-order valence-corrected chi connectivity index (χ0v) is 12.9. The highest BCUT2D eigenvalue weighted by atomic mass is 32.2. The molecule has 2 N–H and O–H groups in total. The number of nitrogen functional groups attached to an aromatic ring is 1. The molecule has 0 aliphatic heterocycles. The molecule has 0 unspecified atom stereocenters. The van der Waals surface area contributed by atoms with Crippen molar-refractivity contribution in [3.63, 3.8) is 0 Å². The van der Waals surface area contributed by atoms with E-state index in [-0.39, 0.29) is 29.3 Å². The first-order valence-electron chi connectivity index (χ1n) is 7.13. The second-order valence-electron chi connectivity index (χ2n) is 5.47. The Kier molecular flexibility index (Phi) is 4.27. The van der Waals surface area contributed by atoms with E-state index in [1.807, 2.05) is 0 Å². The van der Waals surface area contributed by atoms with Crippen molar-refractivity contribution >= 4 is 15.5 Å². The Hall–Kier alpha value is -1.24. The molecule has 0 saturated heterocycles. The summed E-state index contributed by atoms with van der Waals surface area (Å²) in [5, 5.41) is 0. The number of hydrogen-bond acceptors (Lipinski definition) is 4.